The van der Waals surface area contributed by atoms with E-state index in [2.05, 4.69) is 0 Å². The molecular weight excluding hydrogens is 342 g/mol. The highest BCUT2D eigenvalue weighted by Gasteiger charge is 2.08. The molecule has 1 amide bonds. The number of nitriles is 1. The van der Waals surface area contributed by atoms with Gasteiger partial charge in [-0.05, 0) is 35.9 Å². The molecule has 0 heterocycles. The van der Waals surface area contributed by atoms with Crippen LogP contribution in [0.5, 0.6) is 5.75 Å². The standard InChI is InChI=1S/C17H15N3O4S/c18-12-15-6-8-16(9-7-15)24-13-17(21)19-20-25(22,23)11-10-14-4-2-1-3-5-14/h1-11,20H,13H2,(H,19,21)/b11-10+. The van der Waals surface area contributed by atoms with E-state index >= 15 is 0 Å². The Kier molecular flexibility index (Phi) is 6.28. The first-order valence-electron chi connectivity index (χ1n) is 7.15. The van der Waals surface area contributed by atoms with E-state index < -0.39 is 15.9 Å². The van der Waals surface area contributed by atoms with Gasteiger partial charge >= 0.3 is 0 Å². The van der Waals surface area contributed by atoms with Crippen LogP contribution < -0.4 is 15.0 Å². The number of nitrogens with zero attached hydrogens (tertiary/aromatic N) is 1. The van der Waals surface area contributed by atoms with E-state index in [1.54, 1.807) is 48.5 Å². The van der Waals surface area contributed by atoms with Crippen LogP contribution in [-0.2, 0) is 14.8 Å². The molecule has 0 atom stereocenters. The predicted molar refractivity (Wildman–Crippen MR) is 92.3 cm³/mol. The summed E-state index contributed by atoms with van der Waals surface area (Å²) < 4.78 is 28.7. The van der Waals surface area contributed by atoms with Crippen LogP contribution in [-0.4, -0.2) is 20.9 Å². The van der Waals surface area contributed by atoms with Gasteiger partial charge in [0.25, 0.3) is 15.9 Å². The van der Waals surface area contributed by atoms with Crippen molar-refractivity contribution in [2.45, 2.75) is 0 Å². The summed E-state index contributed by atoms with van der Waals surface area (Å²) in [6, 6.07) is 17.0. The molecule has 8 heteroatoms. The van der Waals surface area contributed by atoms with E-state index in [4.69, 9.17) is 10.00 Å². The number of benzene rings is 2. The number of carbonyl (C=O) groups excluding carboxylic acids is 1. The Balaban J connectivity index is 1.80. The number of hydrazine groups is 1. The molecule has 2 aromatic carbocycles. The second-order valence-electron chi connectivity index (χ2n) is 4.83. The summed E-state index contributed by atoms with van der Waals surface area (Å²) in [5.74, 6) is -0.276. The van der Waals surface area contributed by atoms with Crippen LogP contribution in [0.1, 0.15) is 11.1 Å². The lowest BCUT2D eigenvalue weighted by atomic mass is 10.2. The van der Waals surface area contributed by atoms with Crippen molar-refractivity contribution in [2.75, 3.05) is 6.61 Å². The molecule has 0 spiro atoms. The smallest absolute Gasteiger partial charge is 0.272 e. The average Bonchev–Trinajstić information content (AvgIpc) is 2.64. The molecule has 0 saturated carbocycles. The van der Waals surface area contributed by atoms with E-state index in [1.165, 1.54) is 6.08 Å². The average molecular weight is 357 g/mol. The highest BCUT2D eigenvalue weighted by Crippen LogP contribution is 2.11. The third-order valence-corrected chi connectivity index (χ3v) is 3.81. The molecule has 128 valence electrons. The van der Waals surface area contributed by atoms with Crippen LogP contribution in [0, 0.1) is 11.3 Å². The predicted octanol–water partition coefficient (Wildman–Crippen LogP) is 1.56. The number of rotatable bonds is 7. The largest absolute Gasteiger partial charge is 0.484 e. The zero-order valence-corrected chi connectivity index (χ0v) is 13.9. The van der Waals surface area contributed by atoms with E-state index in [0.717, 1.165) is 5.41 Å². The van der Waals surface area contributed by atoms with Gasteiger partial charge in [0.2, 0.25) is 0 Å². The summed E-state index contributed by atoms with van der Waals surface area (Å²) in [7, 11) is -3.82. The molecule has 0 saturated heterocycles. The normalized spacial score (nSPS) is 11.0. The second kappa shape index (κ2) is 8.63. The van der Waals surface area contributed by atoms with Crippen molar-refractivity contribution in [3.63, 3.8) is 0 Å². The van der Waals surface area contributed by atoms with Crippen LogP contribution in [0.4, 0.5) is 0 Å². The summed E-state index contributed by atoms with van der Waals surface area (Å²) >= 11 is 0. The number of amides is 1. The van der Waals surface area contributed by atoms with Gasteiger partial charge in [0.15, 0.2) is 6.61 Å². The lowest BCUT2D eigenvalue weighted by Gasteiger charge is -2.07. The third-order valence-electron chi connectivity index (χ3n) is 2.93. The van der Waals surface area contributed by atoms with Gasteiger partial charge in [0.1, 0.15) is 5.75 Å². The summed E-state index contributed by atoms with van der Waals surface area (Å²) in [6.45, 7) is -0.378. The Morgan fingerprint density at radius 2 is 1.80 bits per heavy atom. The fourth-order valence-corrected chi connectivity index (χ4v) is 2.37. The molecule has 0 aliphatic rings. The highest BCUT2D eigenvalue weighted by molar-refractivity contribution is 7.92. The van der Waals surface area contributed by atoms with Crippen molar-refractivity contribution in [3.05, 3.63) is 71.1 Å². The van der Waals surface area contributed by atoms with Crippen molar-refractivity contribution in [3.8, 4) is 11.8 Å². The zero-order chi connectivity index (χ0) is 18.1. The SMILES string of the molecule is N#Cc1ccc(OCC(=O)NNS(=O)(=O)/C=C/c2ccccc2)cc1. The molecule has 25 heavy (non-hydrogen) atoms. The number of carbonyl (C=O) groups is 1. The number of ether oxygens (including phenoxy) is 1. The van der Waals surface area contributed by atoms with Gasteiger partial charge in [-0.3, -0.25) is 10.2 Å². The maximum atomic E-state index is 11.8. The Bertz CT molecular complexity index is 886. The highest BCUT2D eigenvalue weighted by atomic mass is 32.2. The van der Waals surface area contributed by atoms with Crippen LogP contribution in [0.15, 0.2) is 60.0 Å². The molecular formula is C17H15N3O4S. The van der Waals surface area contributed by atoms with Crippen molar-refractivity contribution >= 4 is 22.0 Å². The van der Waals surface area contributed by atoms with E-state index in [1.807, 2.05) is 22.4 Å². The minimum absolute atomic E-state index is 0.378. The summed E-state index contributed by atoms with van der Waals surface area (Å²) in [4.78, 5) is 13.6. The molecule has 0 radical (unpaired) electrons. The summed E-state index contributed by atoms with van der Waals surface area (Å²) in [6.07, 6.45) is 1.40. The molecule has 0 aliphatic carbocycles. The number of sulfonamides is 1. The Labute approximate surface area is 145 Å². The van der Waals surface area contributed by atoms with Gasteiger partial charge in [0.05, 0.1) is 11.6 Å². The lowest BCUT2D eigenvalue weighted by molar-refractivity contribution is -0.123. The van der Waals surface area contributed by atoms with Crippen molar-refractivity contribution < 1.29 is 17.9 Å². The quantitative estimate of drug-likeness (QED) is 0.731. The minimum Gasteiger partial charge on any atom is -0.484 e. The fraction of sp³-hybridized carbons (Fsp3) is 0.0588. The first kappa shape index (κ1) is 18.2. The van der Waals surface area contributed by atoms with Crippen molar-refractivity contribution in [1.82, 2.24) is 10.3 Å². The number of hydrogen-bond acceptors (Lipinski definition) is 5. The molecule has 0 fully saturated rings. The first-order valence-corrected chi connectivity index (χ1v) is 8.70. The van der Waals surface area contributed by atoms with Gasteiger partial charge in [-0.2, -0.15) is 5.26 Å². The van der Waals surface area contributed by atoms with Gasteiger partial charge in [-0.1, -0.05) is 30.3 Å². The van der Waals surface area contributed by atoms with Gasteiger partial charge in [-0.25, -0.2) is 8.42 Å². The summed E-state index contributed by atoms with van der Waals surface area (Å²) in [5.41, 5.74) is 3.23. The monoisotopic (exact) mass is 357 g/mol. The molecule has 2 rings (SSSR count). The Hall–Kier alpha value is -3.15. The number of hydrogen-bond donors (Lipinski definition) is 2. The summed E-state index contributed by atoms with van der Waals surface area (Å²) in [5, 5.41) is 9.63. The zero-order valence-electron chi connectivity index (χ0n) is 13.0. The maximum absolute atomic E-state index is 11.8. The second-order valence-corrected chi connectivity index (χ2v) is 6.40. The lowest BCUT2D eigenvalue weighted by Crippen LogP contribution is -2.42. The Morgan fingerprint density at radius 1 is 1.12 bits per heavy atom. The van der Waals surface area contributed by atoms with Crippen molar-refractivity contribution in [2.24, 2.45) is 0 Å². The van der Waals surface area contributed by atoms with Gasteiger partial charge < -0.3 is 4.74 Å². The molecule has 0 aromatic heterocycles. The molecule has 7 nitrogen and oxygen atoms in total. The fourth-order valence-electron chi connectivity index (χ4n) is 1.71. The van der Waals surface area contributed by atoms with E-state index in [9.17, 15) is 13.2 Å². The Morgan fingerprint density at radius 3 is 2.44 bits per heavy atom. The molecule has 0 bridgehead atoms. The molecule has 2 N–H and O–H groups in total. The number of nitrogens with one attached hydrogen (secondary N) is 2. The van der Waals surface area contributed by atoms with Crippen LogP contribution >= 0.6 is 0 Å². The van der Waals surface area contributed by atoms with E-state index in [0.29, 0.717) is 16.9 Å². The molecule has 0 aliphatic heterocycles. The first-order chi connectivity index (χ1) is 12.0. The van der Waals surface area contributed by atoms with Gasteiger partial charge in [0, 0.05) is 5.41 Å². The minimum atomic E-state index is -3.82. The molecule has 0 unspecified atom stereocenters. The van der Waals surface area contributed by atoms with Crippen molar-refractivity contribution in [1.29, 1.82) is 5.26 Å². The third kappa shape index (κ3) is 6.47. The van der Waals surface area contributed by atoms with Crippen LogP contribution in [0.25, 0.3) is 6.08 Å². The van der Waals surface area contributed by atoms with E-state index in [-0.39, 0.29) is 6.61 Å². The van der Waals surface area contributed by atoms with Crippen LogP contribution in [0.3, 0.4) is 0 Å². The molecule has 2 aromatic rings. The van der Waals surface area contributed by atoms with Gasteiger partial charge in [-0.15, -0.1) is 4.83 Å². The topological polar surface area (TPSA) is 108 Å². The van der Waals surface area contributed by atoms with Crippen LogP contribution in [0.2, 0.25) is 0 Å². The maximum Gasteiger partial charge on any atom is 0.272 e.